The van der Waals surface area contributed by atoms with Crippen molar-refractivity contribution >= 4 is 61.6 Å². The third-order valence-corrected chi connectivity index (χ3v) is 16.2. The van der Waals surface area contributed by atoms with Gasteiger partial charge in [-0.05, 0) is 86.7 Å². The molecule has 1 saturated carbocycles. The van der Waals surface area contributed by atoms with Crippen molar-refractivity contribution in [2.45, 2.75) is 94.8 Å². The third kappa shape index (κ3) is 13.1. The minimum atomic E-state index is -4.25. The van der Waals surface area contributed by atoms with Crippen LogP contribution in [0.5, 0.6) is 17.2 Å². The highest BCUT2D eigenvalue weighted by atomic mass is 32.2. The van der Waals surface area contributed by atoms with E-state index in [2.05, 4.69) is 30.5 Å². The van der Waals surface area contributed by atoms with Crippen molar-refractivity contribution in [3.63, 3.8) is 0 Å². The van der Waals surface area contributed by atoms with Crippen LogP contribution >= 0.6 is 0 Å². The molecule has 4 N–H and O–H groups in total. The molecule has 4 aromatic carbocycles. The second kappa shape index (κ2) is 24.9. The van der Waals surface area contributed by atoms with Crippen molar-refractivity contribution in [3.05, 3.63) is 137 Å². The fraction of sp³-hybridized carbons (Fsp3) is 0.373. The van der Waals surface area contributed by atoms with Gasteiger partial charge in [0, 0.05) is 100 Å². The van der Waals surface area contributed by atoms with Gasteiger partial charge in [0.05, 0.1) is 57.7 Å². The fourth-order valence-corrected chi connectivity index (χ4v) is 11.2. The highest BCUT2D eigenvalue weighted by Crippen LogP contribution is 2.41. The number of aromatic nitrogens is 7. The van der Waals surface area contributed by atoms with Crippen molar-refractivity contribution in [2.24, 2.45) is 14.1 Å². The number of halogens is 1. The normalized spacial score (nSPS) is 13.7. The minimum absolute atomic E-state index is 0.0743. The van der Waals surface area contributed by atoms with Crippen LogP contribution in [0.4, 0.5) is 21.6 Å². The highest BCUT2D eigenvalue weighted by molar-refractivity contribution is 7.92. The Morgan fingerprint density at radius 3 is 2.23 bits per heavy atom. The smallest absolute Gasteiger partial charge is 0.328 e. The Labute approximate surface area is 468 Å². The number of nitrogens with zero attached hydrogens (tertiary/aromatic N) is 8. The number of unbranched alkanes of at least 4 members (excludes halogenated alkanes) is 7. The first-order valence-electron chi connectivity index (χ1n) is 27.8. The van der Waals surface area contributed by atoms with Gasteiger partial charge in [-0.1, -0.05) is 57.6 Å². The van der Waals surface area contributed by atoms with Crippen LogP contribution in [0.15, 0.2) is 113 Å². The molecule has 2 aliphatic rings. The number of aryl methyl sites for hydroxylation is 2. The molecule has 0 spiro atoms. The molecular formula is C59H67FN12O8S. The maximum Gasteiger partial charge on any atom is 0.328 e. The first-order chi connectivity index (χ1) is 39.2. The topological polar surface area (TPSA) is 232 Å². The van der Waals surface area contributed by atoms with Crippen molar-refractivity contribution in [1.29, 1.82) is 0 Å². The molecule has 0 atom stereocenters. The summed E-state index contributed by atoms with van der Waals surface area (Å²) in [6, 6.07) is 20.4. The van der Waals surface area contributed by atoms with Gasteiger partial charge in [0.25, 0.3) is 21.8 Å². The molecule has 0 unspecified atom stereocenters. The van der Waals surface area contributed by atoms with Crippen molar-refractivity contribution in [3.8, 4) is 28.5 Å². The molecule has 0 bridgehead atoms. The Kier molecular flexibility index (Phi) is 17.1. The zero-order chi connectivity index (χ0) is 56.6. The number of imidazole rings is 2. The molecule has 1 aliphatic heterocycles. The van der Waals surface area contributed by atoms with Crippen molar-refractivity contribution in [2.75, 3.05) is 49.4 Å². The molecule has 1 saturated heterocycles. The lowest BCUT2D eigenvalue weighted by molar-refractivity contribution is -0.132. The summed E-state index contributed by atoms with van der Waals surface area (Å²) in [5.74, 6) is 0.739. The largest absolute Gasteiger partial charge is 0.493 e. The Bertz CT molecular complexity index is 3750. The lowest BCUT2D eigenvalue weighted by atomic mass is 10.1. The third-order valence-electron chi connectivity index (χ3n) is 14.8. The van der Waals surface area contributed by atoms with E-state index in [4.69, 9.17) is 14.5 Å². The Morgan fingerprint density at radius 1 is 0.790 bits per heavy atom. The van der Waals surface area contributed by atoms with Crippen molar-refractivity contribution < 1.29 is 36.7 Å². The van der Waals surface area contributed by atoms with Crippen LogP contribution in [0.3, 0.4) is 0 Å². The lowest BCUT2D eigenvalue weighted by Gasteiger charge is -2.35. The van der Waals surface area contributed by atoms with Gasteiger partial charge in [0.2, 0.25) is 5.91 Å². The van der Waals surface area contributed by atoms with Crippen LogP contribution in [0, 0.1) is 5.82 Å². The molecule has 81 heavy (non-hydrogen) atoms. The molecule has 20 nitrogen and oxygen atoms in total. The van der Waals surface area contributed by atoms with Crippen LogP contribution in [0.1, 0.15) is 116 Å². The van der Waals surface area contributed by atoms with E-state index in [0.717, 1.165) is 87.6 Å². The maximum absolute atomic E-state index is 15.7. The number of anilines is 3. The van der Waals surface area contributed by atoms with E-state index in [1.165, 1.54) is 33.4 Å². The van der Waals surface area contributed by atoms with Gasteiger partial charge in [-0.15, -0.1) is 0 Å². The standard InChI is InChI=1S/C59H67FN12O8S/c1-4-29-79-43-16-14-17-44(32-43)80-53-34-51-50(68(2)59(76)69(51)3)33-48(53)67-81(77,78)45-18-13-15-40(30-45)57(74)61-24-12-10-8-6-5-7-9-11-19-54(73)70-25-27-71(28-26-70)58(75)41-22-23-47(46(60)31-41)65-55-56-62-37-52(42-35-63-64-36-42)72(56)38-49(66-55)39-20-21-39/h13-18,22-23,30-39,67H,4-12,19-21,24-29H2,1-3H3,(H,61,74)(H,63,64)(H,65,66). The second-order valence-corrected chi connectivity index (χ2v) is 22.4. The van der Waals surface area contributed by atoms with E-state index in [9.17, 15) is 27.6 Å². The minimum Gasteiger partial charge on any atom is -0.493 e. The quantitative estimate of drug-likeness (QED) is 0.0392. The van der Waals surface area contributed by atoms with Gasteiger partial charge in [-0.3, -0.25) is 37.7 Å². The van der Waals surface area contributed by atoms with Crippen LogP contribution < -0.4 is 30.5 Å². The molecule has 424 valence electrons. The number of carbonyl (C=O) groups excluding carboxylic acids is 3. The average Bonchev–Trinajstić information content (AvgIpc) is 4.20. The summed E-state index contributed by atoms with van der Waals surface area (Å²) < 4.78 is 63.0. The number of H-pyrrole nitrogens is 1. The molecule has 10 rings (SSSR count). The zero-order valence-corrected chi connectivity index (χ0v) is 46.6. The van der Waals surface area contributed by atoms with Crippen LogP contribution in [-0.2, 0) is 28.9 Å². The van der Waals surface area contributed by atoms with Gasteiger partial charge in [-0.25, -0.2) is 27.6 Å². The number of amides is 3. The maximum atomic E-state index is 15.7. The first-order valence-corrected chi connectivity index (χ1v) is 29.2. The number of hydrogen-bond donors (Lipinski definition) is 4. The van der Waals surface area contributed by atoms with Gasteiger partial charge < -0.3 is 29.9 Å². The van der Waals surface area contributed by atoms with Gasteiger partial charge in [0.1, 0.15) is 17.3 Å². The van der Waals surface area contributed by atoms with Gasteiger partial charge in [-0.2, -0.15) is 5.10 Å². The highest BCUT2D eigenvalue weighted by Gasteiger charge is 2.29. The van der Waals surface area contributed by atoms with Gasteiger partial charge >= 0.3 is 5.69 Å². The van der Waals surface area contributed by atoms with Crippen molar-refractivity contribution in [1.82, 2.24) is 48.8 Å². The van der Waals surface area contributed by atoms with Crippen LogP contribution in [-0.4, -0.2) is 109 Å². The van der Waals surface area contributed by atoms with E-state index >= 15 is 4.39 Å². The molecule has 8 aromatic rings. The molecule has 0 radical (unpaired) electrons. The number of fused-ring (bicyclic) bond motifs is 2. The average molecular weight is 1120 g/mol. The number of nitrogens with one attached hydrogen (secondary N) is 4. The summed E-state index contributed by atoms with van der Waals surface area (Å²) in [5.41, 5.74) is 4.59. The molecule has 22 heteroatoms. The summed E-state index contributed by atoms with van der Waals surface area (Å²) >= 11 is 0. The molecule has 2 fully saturated rings. The zero-order valence-electron chi connectivity index (χ0n) is 45.8. The number of sulfonamides is 1. The Balaban J connectivity index is 0.615. The van der Waals surface area contributed by atoms with E-state index < -0.39 is 15.8 Å². The number of rotatable bonds is 25. The summed E-state index contributed by atoms with van der Waals surface area (Å²) in [5, 5.41) is 12.9. The molecule has 5 heterocycles. The second-order valence-electron chi connectivity index (χ2n) is 20.7. The molecule has 3 amide bonds. The van der Waals surface area contributed by atoms with Crippen LogP contribution in [0.2, 0.25) is 0 Å². The summed E-state index contributed by atoms with van der Waals surface area (Å²) in [6.45, 7) is 4.53. The Hall–Kier alpha value is -8.53. The Morgan fingerprint density at radius 2 is 1.51 bits per heavy atom. The molecular weight excluding hydrogens is 1060 g/mol. The van der Waals surface area contributed by atoms with Crippen LogP contribution in [0.25, 0.3) is 27.9 Å². The fourth-order valence-electron chi connectivity index (χ4n) is 10.1. The number of ether oxygens (including phenoxy) is 2. The number of benzene rings is 4. The van der Waals surface area contributed by atoms with E-state index in [1.54, 1.807) is 97.1 Å². The monoisotopic (exact) mass is 1120 g/mol. The summed E-state index contributed by atoms with van der Waals surface area (Å²) in [6.07, 6.45) is 18.0. The predicted octanol–water partition coefficient (Wildman–Crippen LogP) is 9.68. The van der Waals surface area contributed by atoms with E-state index in [1.807, 2.05) is 17.5 Å². The predicted molar refractivity (Wildman–Crippen MR) is 306 cm³/mol. The first kappa shape index (κ1) is 55.8. The summed E-state index contributed by atoms with van der Waals surface area (Å²) in [7, 11) is -1.01. The number of carbonyl (C=O) groups is 3. The summed E-state index contributed by atoms with van der Waals surface area (Å²) in [4.78, 5) is 65.4. The van der Waals surface area contributed by atoms with E-state index in [-0.39, 0.29) is 56.6 Å². The number of hydrogen-bond acceptors (Lipinski definition) is 12. The number of aromatic amines is 1. The van der Waals surface area contributed by atoms with Gasteiger partial charge in [0.15, 0.2) is 17.2 Å². The molecule has 1 aliphatic carbocycles. The number of piperazine rings is 1. The lowest BCUT2D eigenvalue weighted by Crippen LogP contribution is -2.50. The SMILES string of the molecule is CCCOc1cccc(Oc2cc3c(cc2NS(=O)(=O)c2cccc(C(=O)NCCCCCCCCCCC(=O)N4CCN(C(=O)c5ccc(Nc6nc(C7CC7)cn7c(-c8cn[nH]c8)cnc67)c(F)c5)CC4)c2)n(C)c(=O)n3C)c1. The van der Waals surface area contributed by atoms with E-state index in [0.29, 0.717) is 85.7 Å². The molecule has 4 aromatic heterocycles.